The summed E-state index contributed by atoms with van der Waals surface area (Å²) in [6.07, 6.45) is 3.31. The Kier molecular flexibility index (Phi) is 4.26. The van der Waals surface area contributed by atoms with Crippen LogP contribution in [-0.2, 0) is 16.9 Å². The number of rotatable bonds is 2. The van der Waals surface area contributed by atoms with Crippen molar-refractivity contribution in [2.75, 3.05) is 24.6 Å². The average molecular weight is 388 g/mol. The van der Waals surface area contributed by atoms with E-state index in [4.69, 9.17) is 0 Å². The molecule has 142 valence electrons. The molecule has 27 heavy (non-hydrogen) atoms. The van der Waals surface area contributed by atoms with E-state index in [0.717, 1.165) is 0 Å². The Hall–Kier alpha value is -2.68. The number of carbonyl (C=O) groups excluding carboxylic acids is 2. The molecule has 2 fully saturated rings. The van der Waals surface area contributed by atoms with E-state index < -0.39 is 21.9 Å². The predicted molar refractivity (Wildman–Crippen MR) is 98.0 cm³/mol. The molecule has 0 spiro atoms. The molecule has 8 nitrogen and oxygen atoms in total. The molecule has 2 amide bonds. The van der Waals surface area contributed by atoms with Gasteiger partial charge in [-0.2, -0.15) is 0 Å². The summed E-state index contributed by atoms with van der Waals surface area (Å²) in [4.78, 5) is 33.1. The van der Waals surface area contributed by atoms with Gasteiger partial charge in [0.05, 0.1) is 23.6 Å². The number of hydrogen-bond donors (Lipinski definition) is 0. The second kappa shape index (κ2) is 6.49. The van der Waals surface area contributed by atoms with Crippen molar-refractivity contribution >= 4 is 21.7 Å². The van der Waals surface area contributed by atoms with E-state index in [-0.39, 0.29) is 35.6 Å². The molecule has 2 aliphatic heterocycles. The molecule has 2 atom stereocenters. The normalized spacial score (nSPS) is 23.9. The first-order valence-corrected chi connectivity index (χ1v) is 10.5. The van der Waals surface area contributed by atoms with E-state index in [0.29, 0.717) is 12.2 Å². The molecule has 4 heterocycles. The van der Waals surface area contributed by atoms with Crippen molar-refractivity contribution in [1.82, 2.24) is 19.4 Å². The molecule has 2 aromatic heterocycles. The maximum atomic E-state index is 13.0. The van der Waals surface area contributed by atoms with Gasteiger partial charge >= 0.3 is 0 Å². The number of aryl methyl sites for hydroxylation is 1. The summed E-state index contributed by atoms with van der Waals surface area (Å²) in [7, 11) is -1.56. The van der Waals surface area contributed by atoms with Crippen LogP contribution in [0.15, 0.2) is 42.7 Å². The quantitative estimate of drug-likeness (QED) is 0.732. The largest absolute Gasteiger partial charge is 0.347 e. The summed E-state index contributed by atoms with van der Waals surface area (Å²) in [5, 5.41) is 0. The molecule has 0 bridgehead atoms. The second-order valence-corrected chi connectivity index (χ2v) is 9.08. The zero-order valence-corrected chi connectivity index (χ0v) is 15.7. The topological polar surface area (TPSA) is 92.6 Å². The van der Waals surface area contributed by atoms with Crippen LogP contribution in [-0.4, -0.2) is 76.3 Å². The average Bonchev–Trinajstić information content (AvgIpc) is 3.22. The van der Waals surface area contributed by atoms with Crippen molar-refractivity contribution in [3.8, 4) is 0 Å². The van der Waals surface area contributed by atoms with Gasteiger partial charge in [-0.05, 0) is 24.3 Å². The number of aromatic nitrogens is 2. The predicted octanol–water partition coefficient (Wildman–Crippen LogP) is 0.184. The van der Waals surface area contributed by atoms with E-state index in [1.54, 1.807) is 57.9 Å². The highest BCUT2D eigenvalue weighted by molar-refractivity contribution is 7.91. The number of pyridine rings is 1. The highest BCUT2D eigenvalue weighted by Gasteiger charge is 2.50. The van der Waals surface area contributed by atoms with Gasteiger partial charge < -0.3 is 14.4 Å². The fourth-order valence-corrected chi connectivity index (χ4v) is 5.91. The highest BCUT2D eigenvalue weighted by atomic mass is 32.2. The van der Waals surface area contributed by atoms with Crippen LogP contribution in [0.1, 0.15) is 21.0 Å². The Labute approximate surface area is 157 Å². The summed E-state index contributed by atoms with van der Waals surface area (Å²) >= 11 is 0. The molecular weight excluding hydrogens is 368 g/mol. The van der Waals surface area contributed by atoms with Gasteiger partial charge in [0, 0.05) is 32.5 Å². The summed E-state index contributed by atoms with van der Waals surface area (Å²) < 4.78 is 26.4. The molecule has 0 radical (unpaired) electrons. The molecule has 2 saturated heterocycles. The summed E-state index contributed by atoms with van der Waals surface area (Å²) in [5.74, 6) is -0.763. The van der Waals surface area contributed by atoms with Gasteiger partial charge in [-0.25, -0.2) is 8.42 Å². The van der Waals surface area contributed by atoms with Crippen LogP contribution in [0, 0.1) is 0 Å². The van der Waals surface area contributed by atoms with E-state index >= 15 is 0 Å². The van der Waals surface area contributed by atoms with Crippen LogP contribution in [0.4, 0.5) is 0 Å². The van der Waals surface area contributed by atoms with Crippen molar-refractivity contribution in [2.24, 2.45) is 7.05 Å². The lowest BCUT2D eigenvalue weighted by Gasteiger charge is -2.43. The van der Waals surface area contributed by atoms with Crippen LogP contribution in [0.5, 0.6) is 0 Å². The number of sulfone groups is 1. The Morgan fingerprint density at radius 1 is 1.00 bits per heavy atom. The first-order valence-electron chi connectivity index (χ1n) is 8.72. The second-order valence-electron chi connectivity index (χ2n) is 6.93. The Balaban J connectivity index is 1.65. The first-order chi connectivity index (χ1) is 12.9. The van der Waals surface area contributed by atoms with E-state index in [1.165, 1.54) is 6.20 Å². The van der Waals surface area contributed by atoms with Crippen LogP contribution < -0.4 is 0 Å². The summed E-state index contributed by atoms with van der Waals surface area (Å²) in [6, 6.07) is 7.45. The van der Waals surface area contributed by atoms with Crippen LogP contribution in [0.3, 0.4) is 0 Å². The third-order valence-corrected chi connectivity index (χ3v) is 6.94. The molecule has 0 saturated carbocycles. The number of fused-ring (bicyclic) bond motifs is 1. The van der Waals surface area contributed by atoms with Gasteiger partial charge in [-0.3, -0.25) is 14.6 Å². The van der Waals surface area contributed by atoms with Crippen molar-refractivity contribution in [2.45, 2.75) is 12.1 Å². The van der Waals surface area contributed by atoms with Gasteiger partial charge in [0.1, 0.15) is 11.4 Å². The molecule has 0 unspecified atom stereocenters. The minimum absolute atomic E-state index is 0.125. The van der Waals surface area contributed by atoms with Crippen molar-refractivity contribution in [3.63, 3.8) is 0 Å². The number of carbonyl (C=O) groups is 2. The first kappa shape index (κ1) is 17.7. The summed E-state index contributed by atoms with van der Waals surface area (Å²) in [6.45, 7) is 0.571. The van der Waals surface area contributed by atoms with Crippen LogP contribution >= 0.6 is 0 Å². The van der Waals surface area contributed by atoms with Crippen molar-refractivity contribution in [3.05, 3.63) is 54.1 Å². The lowest BCUT2D eigenvalue weighted by Crippen LogP contribution is -2.62. The molecule has 2 aliphatic rings. The van der Waals surface area contributed by atoms with E-state index in [2.05, 4.69) is 4.98 Å². The van der Waals surface area contributed by atoms with Gasteiger partial charge in [0.25, 0.3) is 11.8 Å². The zero-order valence-electron chi connectivity index (χ0n) is 14.9. The number of amides is 2. The lowest BCUT2D eigenvalue weighted by molar-refractivity contribution is 0.0273. The molecule has 9 heteroatoms. The molecule has 0 N–H and O–H groups in total. The third kappa shape index (κ3) is 3.12. The number of nitrogens with zero attached hydrogens (tertiary/aromatic N) is 4. The van der Waals surface area contributed by atoms with Gasteiger partial charge in [-0.15, -0.1) is 0 Å². The SMILES string of the molecule is Cn1cccc1C(=O)N1CCN(C(=O)c2ccccn2)[C@@H]2CS(=O)(=O)C[C@@H]21. The number of hydrogen-bond acceptors (Lipinski definition) is 5. The molecule has 2 aromatic rings. The molecule has 0 aromatic carbocycles. The molecular formula is C18H20N4O4S. The van der Waals surface area contributed by atoms with Crippen molar-refractivity contribution in [1.29, 1.82) is 0 Å². The van der Waals surface area contributed by atoms with Gasteiger partial charge in [0.2, 0.25) is 0 Å². The molecule has 4 rings (SSSR count). The maximum absolute atomic E-state index is 13.0. The minimum Gasteiger partial charge on any atom is -0.347 e. The molecule has 0 aliphatic carbocycles. The monoisotopic (exact) mass is 388 g/mol. The Morgan fingerprint density at radius 2 is 1.67 bits per heavy atom. The fraction of sp³-hybridized carbons (Fsp3) is 0.389. The lowest BCUT2D eigenvalue weighted by atomic mass is 10.0. The third-order valence-electron chi connectivity index (χ3n) is 5.24. The fourth-order valence-electron chi connectivity index (χ4n) is 3.92. The maximum Gasteiger partial charge on any atom is 0.272 e. The Morgan fingerprint density at radius 3 is 2.22 bits per heavy atom. The van der Waals surface area contributed by atoms with Crippen molar-refractivity contribution < 1.29 is 18.0 Å². The van der Waals surface area contributed by atoms with Gasteiger partial charge in [0.15, 0.2) is 9.84 Å². The smallest absolute Gasteiger partial charge is 0.272 e. The highest BCUT2D eigenvalue weighted by Crippen LogP contribution is 2.29. The van der Waals surface area contributed by atoms with E-state index in [9.17, 15) is 18.0 Å². The minimum atomic E-state index is -3.34. The van der Waals surface area contributed by atoms with Crippen LogP contribution in [0.25, 0.3) is 0 Å². The van der Waals surface area contributed by atoms with Gasteiger partial charge in [-0.1, -0.05) is 6.07 Å². The number of piperazine rings is 1. The zero-order chi connectivity index (χ0) is 19.2. The van der Waals surface area contributed by atoms with E-state index in [1.807, 2.05) is 0 Å². The Bertz CT molecular complexity index is 986. The van der Waals surface area contributed by atoms with Crippen LogP contribution in [0.2, 0.25) is 0 Å². The standard InChI is InChI=1S/C18H20N4O4S/c1-20-8-4-6-14(20)18(24)22-10-9-21(15-11-27(25,26)12-16(15)22)17(23)13-5-2-3-7-19-13/h2-8,15-16H,9-12H2,1H3/t15-,16+/m1/s1. The summed E-state index contributed by atoms with van der Waals surface area (Å²) in [5.41, 5.74) is 0.783.